The number of aromatic amines is 2. The SMILES string of the molecule is CS(=O)(=O)NCc1cc(F)cc(-c2nccc3[nH]c(-c4n[nH]c5cnc(-c6cncc(NC(=O)CC7CCNCC7)c6)cc45)nc23)c1. The summed E-state index contributed by atoms with van der Waals surface area (Å²) in [5.41, 5.74) is 5.67. The summed E-state index contributed by atoms with van der Waals surface area (Å²) in [5.74, 6) is 0.275. The molecule has 7 rings (SSSR count). The van der Waals surface area contributed by atoms with Crippen LogP contribution in [0.3, 0.4) is 0 Å². The summed E-state index contributed by atoms with van der Waals surface area (Å²) in [6, 6.07) is 9.77. The Kier molecular flexibility index (Phi) is 8.17. The zero-order valence-electron chi connectivity index (χ0n) is 25.3. The number of H-pyrrole nitrogens is 2. The molecule has 6 aromatic rings. The standard InChI is InChI=1S/C32H31FN10O3S/c1-47(45,46)38-14-19-8-20(11-22(33)9-19)29-31-25(4-7-36-29)40-32(41-31)30-24-13-26(37-17-27(24)42-43-30)21-12-23(16-35-15-21)39-28(44)10-18-2-5-34-6-3-18/h4,7-9,11-13,15-18,34,38H,2-3,5-6,10,14H2,1H3,(H,39,44)(H,40,41)(H,42,43). The summed E-state index contributed by atoms with van der Waals surface area (Å²) in [4.78, 5) is 34.2. The van der Waals surface area contributed by atoms with E-state index < -0.39 is 15.8 Å². The molecule has 6 heterocycles. The van der Waals surface area contributed by atoms with Gasteiger partial charge in [-0.15, -0.1) is 0 Å². The van der Waals surface area contributed by atoms with Gasteiger partial charge >= 0.3 is 0 Å². The molecule has 5 aromatic heterocycles. The van der Waals surface area contributed by atoms with Crippen molar-refractivity contribution in [2.75, 3.05) is 24.7 Å². The molecule has 0 bridgehead atoms. The van der Waals surface area contributed by atoms with Gasteiger partial charge in [-0.2, -0.15) is 5.10 Å². The van der Waals surface area contributed by atoms with E-state index in [0.717, 1.165) is 43.1 Å². The number of piperidine rings is 1. The van der Waals surface area contributed by atoms with Gasteiger partial charge in [0, 0.05) is 41.9 Å². The molecule has 1 saturated heterocycles. The third-order valence-electron chi connectivity index (χ3n) is 8.09. The van der Waals surface area contributed by atoms with Crippen LogP contribution in [0.1, 0.15) is 24.8 Å². The van der Waals surface area contributed by atoms with Gasteiger partial charge < -0.3 is 15.6 Å². The zero-order valence-corrected chi connectivity index (χ0v) is 26.2. The van der Waals surface area contributed by atoms with E-state index in [-0.39, 0.29) is 12.5 Å². The summed E-state index contributed by atoms with van der Waals surface area (Å²) in [6.45, 7) is 1.81. The first kappa shape index (κ1) is 30.5. The van der Waals surface area contributed by atoms with E-state index in [9.17, 15) is 17.6 Å². The molecule has 1 aromatic carbocycles. The molecule has 0 radical (unpaired) electrons. The van der Waals surface area contributed by atoms with Gasteiger partial charge in [-0.25, -0.2) is 22.5 Å². The highest BCUT2D eigenvalue weighted by molar-refractivity contribution is 7.88. The Hall–Kier alpha value is -5.12. The van der Waals surface area contributed by atoms with Crippen LogP contribution in [0.5, 0.6) is 0 Å². The van der Waals surface area contributed by atoms with Crippen LogP contribution in [-0.4, -0.2) is 68.8 Å². The van der Waals surface area contributed by atoms with E-state index in [1.807, 2.05) is 12.1 Å². The van der Waals surface area contributed by atoms with E-state index in [1.54, 1.807) is 36.9 Å². The first-order chi connectivity index (χ1) is 22.7. The number of fused-ring (bicyclic) bond motifs is 2. The maximum atomic E-state index is 14.6. The smallest absolute Gasteiger partial charge is 0.224 e. The Bertz CT molecular complexity index is 2230. The number of nitrogens with zero attached hydrogens (tertiary/aromatic N) is 5. The molecule has 13 nitrogen and oxygen atoms in total. The number of halogens is 1. The third-order valence-corrected chi connectivity index (χ3v) is 8.76. The van der Waals surface area contributed by atoms with Crippen molar-refractivity contribution in [1.29, 1.82) is 0 Å². The molecule has 0 atom stereocenters. The minimum atomic E-state index is -3.46. The number of carbonyl (C=O) groups excluding carboxylic acids is 1. The van der Waals surface area contributed by atoms with Crippen molar-refractivity contribution in [2.24, 2.45) is 5.92 Å². The largest absolute Gasteiger partial charge is 0.336 e. The van der Waals surface area contributed by atoms with Crippen molar-refractivity contribution in [1.82, 2.24) is 45.2 Å². The van der Waals surface area contributed by atoms with Crippen molar-refractivity contribution >= 4 is 43.6 Å². The molecule has 0 saturated carbocycles. The fraction of sp³-hybridized carbons (Fsp3) is 0.250. The van der Waals surface area contributed by atoms with Crippen LogP contribution in [0.4, 0.5) is 10.1 Å². The number of sulfonamides is 1. The van der Waals surface area contributed by atoms with Gasteiger partial charge in [0.15, 0.2) is 5.82 Å². The Labute approximate surface area is 268 Å². The van der Waals surface area contributed by atoms with Crippen molar-refractivity contribution in [3.05, 3.63) is 72.6 Å². The number of rotatable bonds is 9. The van der Waals surface area contributed by atoms with Crippen molar-refractivity contribution in [3.63, 3.8) is 0 Å². The molecular weight excluding hydrogens is 623 g/mol. The van der Waals surface area contributed by atoms with Crippen LogP contribution in [0, 0.1) is 11.7 Å². The maximum absolute atomic E-state index is 14.6. The number of hydrogen-bond donors (Lipinski definition) is 5. The molecule has 1 aliphatic heterocycles. The third kappa shape index (κ3) is 6.86. The summed E-state index contributed by atoms with van der Waals surface area (Å²) in [5, 5.41) is 14.6. The van der Waals surface area contributed by atoms with Gasteiger partial charge in [-0.1, -0.05) is 0 Å². The van der Waals surface area contributed by atoms with Gasteiger partial charge in [-0.3, -0.25) is 24.8 Å². The highest BCUT2D eigenvalue weighted by atomic mass is 32.2. The number of anilines is 1. The second-order valence-electron chi connectivity index (χ2n) is 11.7. The molecule has 0 spiro atoms. The first-order valence-corrected chi connectivity index (χ1v) is 17.0. The lowest BCUT2D eigenvalue weighted by Crippen LogP contribution is -2.30. The fourth-order valence-electron chi connectivity index (χ4n) is 5.83. The molecule has 240 valence electrons. The Morgan fingerprint density at radius 1 is 1.00 bits per heavy atom. The lowest BCUT2D eigenvalue weighted by atomic mass is 9.94. The summed E-state index contributed by atoms with van der Waals surface area (Å²) >= 11 is 0. The lowest BCUT2D eigenvalue weighted by molar-refractivity contribution is -0.117. The van der Waals surface area contributed by atoms with E-state index in [1.165, 1.54) is 12.1 Å². The Morgan fingerprint density at radius 2 is 1.85 bits per heavy atom. The van der Waals surface area contributed by atoms with Crippen LogP contribution >= 0.6 is 0 Å². The van der Waals surface area contributed by atoms with Gasteiger partial charge in [0.25, 0.3) is 0 Å². The molecule has 1 aliphatic rings. The fourth-order valence-corrected chi connectivity index (χ4v) is 6.25. The van der Waals surface area contributed by atoms with Crippen LogP contribution < -0.4 is 15.4 Å². The maximum Gasteiger partial charge on any atom is 0.224 e. The number of amides is 1. The minimum Gasteiger partial charge on any atom is -0.336 e. The van der Waals surface area contributed by atoms with Crippen molar-refractivity contribution in [3.8, 4) is 34.0 Å². The predicted octanol–water partition coefficient (Wildman–Crippen LogP) is 4.14. The van der Waals surface area contributed by atoms with Crippen LogP contribution in [0.2, 0.25) is 0 Å². The van der Waals surface area contributed by atoms with Gasteiger partial charge in [0.2, 0.25) is 15.9 Å². The predicted molar refractivity (Wildman–Crippen MR) is 176 cm³/mol. The zero-order chi connectivity index (χ0) is 32.5. The van der Waals surface area contributed by atoms with E-state index in [2.05, 4.69) is 45.5 Å². The number of aromatic nitrogens is 7. The summed E-state index contributed by atoms with van der Waals surface area (Å²) < 4.78 is 40.2. The monoisotopic (exact) mass is 654 g/mol. The van der Waals surface area contributed by atoms with Gasteiger partial charge in [0.1, 0.15) is 17.0 Å². The lowest BCUT2D eigenvalue weighted by Gasteiger charge is -2.21. The van der Waals surface area contributed by atoms with E-state index in [0.29, 0.717) is 68.6 Å². The topological polar surface area (TPSA) is 183 Å². The van der Waals surface area contributed by atoms with Crippen LogP contribution in [-0.2, 0) is 21.4 Å². The molecular formula is C32H31FN10O3S. The minimum absolute atomic E-state index is 0.0323. The number of nitrogens with one attached hydrogen (secondary N) is 5. The molecule has 1 fully saturated rings. The summed E-state index contributed by atoms with van der Waals surface area (Å²) in [7, 11) is -3.46. The quantitative estimate of drug-likeness (QED) is 0.153. The second-order valence-corrected chi connectivity index (χ2v) is 13.5. The van der Waals surface area contributed by atoms with Gasteiger partial charge in [-0.05, 0) is 73.8 Å². The summed E-state index contributed by atoms with van der Waals surface area (Å²) in [6.07, 6.45) is 10.1. The van der Waals surface area contributed by atoms with E-state index in [4.69, 9.17) is 4.98 Å². The number of pyridine rings is 3. The van der Waals surface area contributed by atoms with Gasteiger partial charge in [0.05, 0.1) is 46.8 Å². The number of hydrogen-bond acceptors (Lipinski definition) is 9. The van der Waals surface area contributed by atoms with E-state index >= 15 is 0 Å². The molecule has 0 unspecified atom stereocenters. The number of imidazole rings is 1. The number of benzene rings is 1. The molecule has 15 heteroatoms. The molecule has 0 aliphatic carbocycles. The molecule has 47 heavy (non-hydrogen) atoms. The van der Waals surface area contributed by atoms with Crippen molar-refractivity contribution < 1.29 is 17.6 Å². The number of carbonyl (C=O) groups is 1. The molecule has 1 amide bonds. The first-order valence-electron chi connectivity index (χ1n) is 15.1. The highest BCUT2D eigenvalue weighted by Crippen LogP contribution is 2.32. The second kappa shape index (κ2) is 12.6. The molecule has 5 N–H and O–H groups in total. The Balaban J connectivity index is 1.18. The average Bonchev–Trinajstić information content (AvgIpc) is 3.68. The average molecular weight is 655 g/mol. The van der Waals surface area contributed by atoms with Crippen LogP contribution in [0.25, 0.3) is 56.0 Å². The normalized spacial score (nSPS) is 14.2. The van der Waals surface area contributed by atoms with Crippen molar-refractivity contribution in [2.45, 2.75) is 25.8 Å². The van der Waals surface area contributed by atoms with Crippen LogP contribution in [0.15, 0.2) is 61.2 Å². The highest BCUT2D eigenvalue weighted by Gasteiger charge is 2.19. The Morgan fingerprint density at radius 3 is 2.68 bits per heavy atom.